The Balaban J connectivity index is 1.33. The standard InChI is InChI=1S/C40H48N10O12/c1-20(44-39(60)46-29(38(58)59)15-23-18-42-27-7-5-4-6-26(23)27)34(55)48-33(35(56)43-19-25-16-30(52)37(62-25)50-13-12-31(53)47-40(50)61)21(2)49(3)36(57)28(45-32(54)17-41)14-22-8-10-24(51)11-9-22/h4-13,18-21,28-30,33,37,42,51-52H,14-17,41H2,1-3H3,(H,43,56)(H,45,54)(H,48,55)(H,58,59)(H2,44,46,60)(H,47,53,61). The Bertz CT molecular complexity index is 2450. The molecule has 3 heterocycles. The monoisotopic (exact) mass is 860 g/mol. The number of rotatable bonds is 17. The Morgan fingerprint density at radius 3 is 2.34 bits per heavy atom. The molecule has 7 unspecified atom stereocenters. The van der Waals surface area contributed by atoms with Gasteiger partial charge in [0.25, 0.3) is 5.56 Å². The van der Waals surface area contributed by atoms with E-state index in [2.05, 4.69) is 36.6 Å². The van der Waals surface area contributed by atoms with Crippen LogP contribution in [0.3, 0.4) is 0 Å². The number of aliphatic hydroxyl groups is 1. The van der Waals surface area contributed by atoms with Gasteiger partial charge >= 0.3 is 17.7 Å². The lowest BCUT2D eigenvalue weighted by molar-refractivity contribution is -0.140. The minimum Gasteiger partial charge on any atom is -0.508 e. The number of aliphatic carboxylic acids is 1. The number of phenolic OH excluding ortho intramolecular Hbond substituents is 1. The number of H-pyrrole nitrogens is 2. The Kier molecular flexibility index (Phi) is 14.9. The molecule has 330 valence electrons. The molecule has 2 aromatic heterocycles. The quantitative estimate of drug-likeness (QED) is 0.0569. The number of aliphatic hydroxyl groups excluding tert-OH is 1. The van der Waals surface area contributed by atoms with E-state index in [1.165, 1.54) is 33.0 Å². The summed E-state index contributed by atoms with van der Waals surface area (Å²) in [5.74, 6) is -4.56. The molecular formula is C40H48N10O12. The van der Waals surface area contributed by atoms with Gasteiger partial charge < -0.3 is 62.3 Å². The molecule has 62 heavy (non-hydrogen) atoms. The van der Waals surface area contributed by atoms with E-state index in [0.29, 0.717) is 11.1 Å². The molecule has 22 heteroatoms. The summed E-state index contributed by atoms with van der Waals surface area (Å²) in [6.45, 7) is 2.26. The zero-order valence-corrected chi connectivity index (χ0v) is 33.8. The summed E-state index contributed by atoms with van der Waals surface area (Å²) in [6, 6.07) is 6.37. The number of aromatic amines is 2. The van der Waals surface area contributed by atoms with Crippen molar-refractivity contribution < 1.29 is 48.8 Å². The van der Waals surface area contributed by atoms with E-state index in [1.807, 2.05) is 12.1 Å². The van der Waals surface area contributed by atoms with Gasteiger partial charge in [0.15, 0.2) is 0 Å². The van der Waals surface area contributed by atoms with Gasteiger partial charge in [-0.3, -0.25) is 33.5 Å². The summed E-state index contributed by atoms with van der Waals surface area (Å²) >= 11 is 0. The van der Waals surface area contributed by atoms with E-state index in [-0.39, 0.29) is 30.8 Å². The number of ether oxygens (including phenoxy) is 1. The van der Waals surface area contributed by atoms with Crippen LogP contribution in [0.5, 0.6) is 5.75 Å². The highest BCUT2D eigenvalue weighted by atomic mass is 16.5. The predicted molar refractivity (Wildman–Crippen MR) is 220 cm³/mol. The number of carbonyl (C=O) groups excluding carboxylic acids is 5. The molecule has 2 aromatic carbocycles. The van der Waals surface area contributed by atoms with Gasteiger partial charge in [0.2, 0.25) is 29.9 Å². The average Bonchev–Trinajstić information content (AvgIpc) is 3.83. The second kappa shape index (κ2) is 20.2. The molecule has 4 aromatic rings. The maximum Gasteiger partial charge on any atom is 0.331 e. The Labute approximate surface area is 352 Å². The van der Waals surface area contributed by atoms with E-state index < -0.39 is 96.0 Å². The van der Waals surface area contributed by atoms with Crippen LogP contribution in [-0.4, -0.2) is 120 Å². The molecule has 0 radical (unpaired) electrons. The van der Waals surface area contributed by atoms with Crippen molar-refractivity contribution in [2.75, 3.05) is 13.6 Å². The number of hydrogen-bond acceptors (Lipinski definition) is 12. The van der Waals surface area contributed by atoms with Crippen molar-refractivity contribution in [3.63, 3.8) is 0 Å². The van der Waals surface area contributed by atoms with Crippen molar-refractivity contribution in [2.24, 2.45) is 5.73 Å². The zero-order valence-electron chi connectivity index (χ0n) is 33.8. The first kappa shape index (κ1) is 45.6. The number of nitrogens with two attached hydrogens (primary N) is 1. The first-order valence-corrected chi connectivity index (χ1v) is 19.3. The fraction of sp³-hybridized carbons (Fsp3) is 0.350. The van der Waals surface area contributed by atoms with Gasteiger partial charge in [0.05, 0.1) is 12.6 Å². The summed E-state index contributed by atoms with van der Waals surface area (Å²) in [6.07, 6.45) is 0.967. The number of carboxylic acids is 1. The molecule has 1 aliphatic rings. The molecule has 0 saturated carbocycles. The number of urea groups is 1. The summed E-state index contributed by atoms with van der Waals surface area (Å²) in [7, 11) is 1.33. The van der Waals surface area contributed by atoms with Gasteiger partial charge in [-0.05, 0) is 43.2 Å². The van der Waals surface area contributed by atoms with Crippen LogP contribution >= 0.6 is 0 Å². The third kappa shape index (κ3) is 11.4. The lowest BCUT2D eigenvalue weighted by Gasteiger charge is -2.34. The van der Waals surface area contributed by atoms with Gasteiger partial charge in [-0.2, -0.15) is 0 Å². The van der Waals surface area contributed by atoms with E-state index >= 15 is 0 Å². The van der Waals surface area contributed by atoms with Crippen LogP contribution in [0.15, 0.2) is 88.5 Å². The zero-order chi connectivity index (χ0) is 45.2. The van der Waals surface area contributed by atoms with Crippen molar-refractivity contribution in [3.05, 3.63) is 111 Å². The molecule has 22 nitrogen and oxygen atoms in total. The first-order chi connectivity index (χ1) is 29.4. The smallest absolute Gasteiger partial charge is 0.331 e. The summed E-state index contributed by atoms with van der Waals surface area (Å²) in [4.78, 5) is 109. The SMILES string of the molecule is CC(NC(=O)NC(Cc1c[nH]c2ccccc12)C(=O)O)C(=O)NC(C(=O)NC=C1CC(O)C(n2ccc(=O)[nH]c2=O)O1)C(C)N(C)C(=O)C(Cc1ccc(O)cc1)NC(=O)CN. The van der Waals surface area contributed by atoms with Gasteiger partial charge in [0, 0.05) is 61.9 Å². The van der Waals surface area contributed by atoms with E-state index in [4.69, 9.17) is 10.5 Å². The van der Waals surface area contributed by atoms with Crippen LogP contribution in [0.4, 0.5) is 4.79 Å². The summed E-state index contributed by atoms with van der Waals surface area (Å²) < 4.78 is 6.63. The van der Waals surface area contributed by atoms with Gasteiger partial charge in [-0.1, -0.05) is 30.3 Å². The van der Waals surface area contributed by atoms with Gasteiger partial charge in [-0.15, -0.1) is 0 Å². The Morgan fingerprint density at radius 1 is 0.952 bits per heavy atom. The molecule has 1 saturated heterocycles. The van der Waals surface area contributed by atoms with E-state index in [9.17, 15) is 53.7 Å². The molecule has 12 N–H and O–H groups in total. The first-order valence-electron chi connectivity index (χ1n) is 19.3. The molecule has 6 amide bonds. The highest BCUT2D eigenvalue weighted by molar-refractivity contribution is 5.94. The third-order valence-corrected chi connectivity index (χ3v) is 10.2. The summed E-state index contributed by atoms with van der Waals surface area (Å²) in [5, 5.41) is 43.3. The molecular weight excluding hydrogens is 812 g/mol. The van der Waals surface area contributed by atoms with Crippen molar-refractivity contribution in [1.82, 2.24) is 46.0 Å². The predicted octanol–water partition coefficient (Wildman–Crippen LogP) is -1.64. The fourth-order valence-corrected chi connectivity index (χ4v) is 6.65. The second-order valence-corrected chi connectivity index (χ2v) is 14.6. The number of carbonyl (C=O) groups is 6. The number of amides is 6. The Morgan fingerprint density at radius 2 is 1.66 bits per heavy atom. The maximum absolute atomic E-state index is 14.0. The number of hydrogen-bond donors (Lipinski definition) is 11. The highest BCUT2D eigenvalue weighted by Crippen LogP contribution is 2.30. The topological polar surface area (TPSA) is 332 Å². The molecule has 1 fully saturated rings. The molecule has 0 aliphatic carbocycles. The minimum atomic E-state index is -1.59. The normalized spacial score (nSPS) is 17.7. The van der Waals surface area contributed by atoms with Crippen LogP contribution in [0.1, 0.15) is 37.6 Å². The van der Waals surface area contributed by atoms with Crippen molar-refractivity contribution in [1.29, 1.82) is 0 Å². The number of para-hydroxylation sites is 1. The van der Waals surface area contributed by atoms with Crippen molar-refractivity contribution in [3.8, 4) is 5.75 Å². The van der Waals surface area contributed by atoms with Gasteiger partial charge in [0.1, 0.15) is 41.8 Å². The maximum atomic E-state index is 14.0. The molecule has 1 aliphatic heterocycles. The number of aromatic hydroxyl groups is 1. The van der Waals surface area contributed by atoms with Crippen LogP contribution in [0, 0.1) is 0 Å². The van der Waals surface area contributed by atoms with Crippen LogP contribution in [0.25, 0.3) is 10.9 Å². The number of nitrogens with one attached hydrogen (secondary N) is 7. The van der Waals surface area contributed by atoms with Crippen molar-refractivity contribution in [2.45, 2.75) is 75.7 Å². The number of aromatic nitrogens is 3. The minimum absolute atomic E-state index is 0.00176. The third-order valence-electron chi connectivity index (χ3n) is 10.2. The van der Waals surface area contributed by atoms with Crippen molar-refractivity contribution >= 4 is 46.5 Å². The average molecular weight is 861 g/mol. The Hall–Kier alpha value is -7.46. The van der Waals surface area contributed by atoms with Crippen LogP contribution < -0.4 is 43.6 Å². The molecule has 7 atom stereocenters. The number of phenols is 1. The largest absolute Gasteiger partial charge is 0.508 e. The van der Waals surface area contributed by atoms with Crippen LogP contribution in [0.2, 0.25) is 0 Å². The van der Waals surface area contributed by atoms with E-state index in [0.717, 1.165) is 38.8 Å². The van der Waals surface area contributed by atoms with E-state index in [1.54, 1.807) is 30.5 Å². The number of fused-ring (bicyclic) bond motifs is 1. The summed E-state index contributed by atoms with van der Waals surface area (Å²) in [5.41, 5.74) is 5.94. The number of likely N-dealkylation sites (N-methyl/N-ethyl adjacent to an activating group) is 1. The lowest BCUT2D eigenvalue weighted by Crippen LogP contribution is -2.62. The lowest BCUT2D eigenvalue weighted by atomic mass is 10.0. The van der Waals surface area contributed by atoms with Crippen LogP contribution in [-0.2, 0) is 41.6 Å². The fourth-order valence-electron chi connectivity index (χ4n) is 6.65. The molecule has 5 rings (SSSR count). The molecule has 0 spiro atoms. The highest BCUT2D eigenvalue weighted by Gasteiger charge is 2.37. The number of benzene rings is 2. The number of nitrogens with zero attached hydrogens (tertiary/aromatic N) is 2. The molecule has 0 bridgehead atoms. The second-order valence-electron chi connectivity index (χ2n) is 14.6. The number of carboxylic acid groups (broad SMARTS) is 1. The van der Waals surface area contributed by atoms with Gasteiger partial charge in [-0.25, -0.2) is 14.4 Å².